The van der Waals surface area contributed by atoms with Crippen molar-refractivity contribution >= 4 is 23.1 Å². The van der Waals surface area contributed by atoms with Crippen LogP contribution in [0, 0.1) is 0 Å². The molecular weight excluding hydrogens is 336 g/mol. The molecule has 0 saturated heterocycles. The Labute approximate surface area is 148 Å². The van der Waals surface area contributed by atoms with Gasteiger partial charge in [0.15, 0.2) is 11.5 Å². The van der Waals surface area contributed by atoms with Gasteiger partial charge in [0.1, 0.15) is 0 Å². The molecule has 0 unspecified atom stereocenters. The molecule has 1 aromatic carbocycles. The second-order valence-corrected chi connectivity index (χ2v) is 6.70. The van der Waals surface area contributed by atoms with Gasteiger partial charge in [-0.2, -0.15) is 11.3 Å². The molecule has 4 N–H and O–H groups in total. The summed E-state index contributed by atoms with van der Waals surface area (Å²) >= 11 is 1.54. The number of fused-ring (bicyclic) bond motifs is 1. The van der Waals surface area contributed by atoms with Crippen molar-refractivity contribution in [1.29, 1.82) is 0 Å². The normalized spacial score (nSPS) is 18.8. The lowest BCUT2D eigenvalue weighted by Crippen LogP contribution is -2.35. The van der Waals surface area contributed by atoms with Gasteiger partial charge in [0.2, 0.25) is 0 Å². The molecule has 1 aliphatic carbocycles. The van der Waals surface area contributed by atoms with Gasteiger partial charge < -0.3 is 16.2 Å². The Morgan fingerprint density at radius 1 is 1.32 bits per heavy atom. The van der Waals surface area contributed by atoms with Crippen LogP contribution < -0.4 is 11.1 Å². The highest BCUT2D eigenvalue weighted by Crippen LogP contribution is 2.31. The molecule has 0 aliphatic heterocycles. The first-order valence-electron chi connectivity index (χ1n) is 7.85. The van der Waals surface area contributed by atoms with Gasteiger partial charge in [0, 0.05) is 17.4 Å². The summed E-state index contributed by atoms with van der Waals surface area (Å²) in [5, 5.41) is 17.0. The number of nitrogen functional groups attached to an aromatic ring is 1. The molecule has 7 heteroatoms. The quantitative estimate of drug-likeness (QED) is 0.671. The molecule has 0 spiro atoms. The third-order valence-corrected chi connectivity index (χ3v) is 5.01. The molecule has 0 saturated carbocycles. The van der Waals surface area contributed by atoms with Gasteiger partial charge in [-0.15, -0.1) is 0 Å². The van der Waals surface area contributed by atoms with Crippen LogP contribution in [0.1, 0.15) is 27.7 Å². The number of nitrogens with zero attached hydrogens (tertiary/aromatic N) is 2. The first-order valence-corrected chi connectivity index (χ1v) is 8.79. The van der Waals surface area contributed by atoms with E-state index in [1.807, 2.05) is 41.1 Å². The topological polar surface area (TPSA) is 101 Å². The van der Waals surface area contributed by atoms with Crippen LogP contribution in [-0.2, 0) is 6.42 Å². The number of benzene rings is 1. The number of hydrogen-bond donors (Lipinski definition) is 3. The van der Waals surface area contributed by atoms with Crippen LogP contribution in [0.25, 0.3) is 11.3 Å². The zero-order valence-electron chi connectivity index (χ0n) is 13.2. The van der Waals surface area contributed by atoms with E-state index in [4.69, 9.17) is 5.73 Å². The van der Waals surface area contributed by atoms with E-state index in [1.54, 1.807) is 6.20 Å². The Kier molecular flexibility index (Phi) is 3.95. The van der Waals surface area contributed by atoms with Gasteiger partial charge in [-0.3, -0.25) is 4.79 Å². The number of aromatic nitrogens is 2. The van der Waals surface area contributed by atoms with Crippen molar-refractivity contribution in [1.82, 2.24) is 15.3 Å². The van der Waals surface area contributed by atoms with E-state index in [0.29, 0.717) is 12.1 Å². The molecule has 0 radical (unpaired) electrons. The number of aliphatic hydroxyl groups excluding tert-OH is 1. The smallest absolute Gasteiger partial charge is 0.274 e. The maximum absolute atomic E-state index is 12.7. The van der Waals surface area contributed by atoms with Gasteiger partial charge in [0.05, 0.1) is 24.0 Å². The molecule has 3 aromatic rings. The molecule has 6 nitrogen and oxygen atoms in total. The number of hydrogen-bond acceptors (Lipinski definition) is 6. The van der Waals surface area contributed by atoms with Gasteiger partial charge in [-0.25, -0.2) is 9.97 Å². The number of nitrogens with one attached hydrogen (secondary N) is 1. The first kappa shape index (κ1) is 15.7. The number of aliphatic hydroxyl groups is 1. The van der Waals surface area contributed by atoms with Crippen LogP contribution in [0.4, 0.5) is 5.82 Å². The predicted octanol–water partition coefficient (Wildman–Crippen LogP) is 2.18. The Bertz CT molecular complexity index is 927. The van der Waals surface area contributed by atoms with Crippen LogP contribution >= 0.6 is 11.3 Å². The molecule has 126 valence electrons. The minimum absolute atomic E-state index is 0.0669. The Hall–Kier alpha value is -2.77. The lowest BCUT2D eigenvalue weighted by molar-refractivity contribution is 0.0854. The maximum Gasteiger partial charge on any atom is 0.274 e. The largest absolute Gasteiger partial charge is 0.390 e. The lowest BCUT2D eigenvalue weighted by Gasteiger charge is -2.18. The van der Waals surface area contributed by atoms with Gasteiger partial charge >= 0.3 is 0 Å². The average Bonchev–Trinajstić information content (AvgIpc) is 3.24. The second kappa shape index (κ2) is 6.27. The van der Waals surface area contributed by atoms with Crippen LogP contribution in [0.15, 0.2) is 47.3 Å². The summed E-state index contributed by atoms with van der Waals surface area (Å²) in [4.78, 5) is 21.2. The summed E-state index contributed by atoms with van der Waals surface area (Å²) in [6.45, 7) is 0. The van der Waals surface area contributed by atoms with Crippen molar-refractivity contribution in [3.8, 4) is 11.3 Å². The number of anilines is 1. The Balaban J connectivity index is 1.63. The summed E-state index contributed by atoms with van der Waals surface area (Å²) in [5.41, 5.74) is 9.35. The molecule has 2 atom stereocenters. The first-order chi connectivity index (χ1) is 12.1. The number of nitrogens with two attached hydrogens (primary N) is 1. The summed E-state index contributed by atoms with van der Waals surface area (Å²) in [6, 6.07) is 9.10. The monoisotopic (exact) mass is 352 g/mol. The van der Waals surface area contributed by atoms with E-state index in [-0.39, 0.29) is 11.5 Å². The molecule has 0 fully saturated rings. The number of carbonyl (C=O) groups is 1. The second-order valence-electron chi connectivity index (χ2n) is 5.92. The molecule has 1 amide bonds. The Morgan fingerprint density at radius 3 is 2.96 bits per heavy atom. The third kappa shape index (κ3) is 2.88. The fourth-order valence-corrected chi connectivity index (χ4v) is 3.72. The maximum atomic E-state index is 12.7. The van der Waals surface area contributed by atoms with E-state index in [0.717, 1.165) is 16.7 Å². The van der Waals surface area contributed by atoms with Crippen molar-refractivity contribution < 1.29 is 9.90 Å². The zero-order valence-corrected chi connectivity index (χ0v) is 14.0. The third-order valence-electron chi connectivity index (χ3n) is 4.32. The number of amides is 1. The molecule has 2 heterocycles. The summed E-state index contributed by atoms with van der Waals surface area (Å²) in [5.74, 6) is -0.375. The van der Waals surface area contributed by atoms with Gasteiger partial charge in [0.25, 0.3) is 5.91 Å². The molecule has 0 bridgehead atoms. The van der Waals surface area contributed by atoms with Crippen LogP contribution in [-0.4, -0.2) is 27.1 Å². The van der Waals surface area contributed by atoms with Crippen LogP contribution in [0.5, 0.6) is 0 Å². The zero-order chi connectivity index (χ0) is 17.4. The van der Waals surface area contributed by atoms with E-state index in [9.17, 15) is 9.90 Å². The van der Waals surface area contributed by atoms with E-state index in [2.05, 4.69) is 15.3 Å². The molecular formula is C18H16N4O2S. The molecule has 2 aromatic heterocycles. The van der Waals surface area contributed by atoms with E-state index < -0.39 is 18.1 Å². The molecule has 25 heavy (non-hydrogen) atoms. The fraction of sp³-hybridized carbons (Fsp3) is 0.167. The number of rotatable bonds is 3. The van der Waals surface area contributed by atoms with E-state index >= 15 is 0 Å². The minimum atomic E-state index is -0.671. The van der Waals surface area contributed by atoms with Crippen molar-refractivity contribution in [3.05, 3.63) is 64.1 Å². The van der Waals surface area contributed by atoms with Gasteiger partial charge in [-0.05, 0) is 22.6 Å². The highest BCUT2D eigenvalue weighted by atomic mass is 32.1. The van der Waals surface area contributed by atoms with Crippen molar-refractivity contribution in [2.75, 3.05) is 5.73 Å². The fourth-order valence-electron chi connectivity index (χ4n) is 3.07. The highest BCUT2D eigenvalue weighted by molar-refractivity contribution is 7.08. The molecule has 1 aliphatic rings. The van der Waals surface area contributed by atoms with Gasteiger partial charge in [-0.1, -0.05) is 24.3 Å². The van der Waals surface area contributed by atoms with Crippen molar-refractivity contribution in [3.63, 3.8) is 0 Å². The summed E-state index contributed by atoms with van der Waals surface area (Å²) in [6.07, 6.45) is 1.39. The molecule has 4 rings (SSSR count). The SMILES string of the molecule is Nc1ncc(-c2ccsc2)nc1C(=O)N[C@@H]1c2ccccc2C[C@@H]1O. The number of thiophene rings is 1. The minimum Gasteiger partial charge on any atom is -0.390 e. The van der Waals surface area contributed by atoms with Crippen LogP contribution in [0.3, 0.4) is 0 Å². The predicted molar refractivity (Wildman–Crippen MR) is 96.1 cm³/mol. The highest BCUT2D eigenvalue weighted by Gasteiger charge is 2.32. The summed E-state index contributed by atoms with van der Waals surface area (Å²) < 4.78 is 0. The van der Waals surface area contributed by atoms with Crippen molar-refractivity contribution in [2.45, 2.75) is 18.6 Å². The lowest BCUT2D eigenvalue weighted by atomic mass is 10.1. The average molecular weight is 352 g/mol. The standard InChI is InChI=1S/C18H16N4O2S/c19-17-16(21-13(8-20-17)11-5-6-25-9-11)18(24)22-15-12-4-2-1-3-10(12)7-14(15)23/h1-6,8-9,14-15,23H,7H2,(H2,19,20)(H,22,24)/t14-,15+/m0/s1. The van der Waals surface area contributed by atoms with Crippen molar-refractivity contribution in [2.24, 2.45) is 0 Å². The van der Waals surface area contributed by atoms with Crippen LogP contribution in [0.2, 0.25) is 0 Å². The number of carbonyl (C=O) groups excluding carboxylic acids is 1. The Morgan fingerprint density at radius 2 is 2.16 bits per heavy atom. The summed E-state index contributed by atoms with van der Waals surface area (Å²) in [7, 11) is 0. The van der Waals surface area contributed by atoms with E-state index in [1.165, 1.54) is 11.3 Å².